The molecule has 0 amide bonds. The van der Waals surface area contributed by atoms with Crippen molar-refractivity contribution in [2.45, 2.75) is 13.8 Å². The summed E-state index contributed by atoms with van der Waals surface area (Å²) in [7, 11) is 0. The van der Waals surface area contributed by atoms with E-state index in [2.05, 4.69) is 15.0 Å². The van der Waals surface area contributed by atoms with E-state index < -0.39 is 0 Å². The lowest BCUT2D eigenvalue weighted by Crippen LogP contribution is -1.91. The van der Waals surface area contributed by atoms with Gasteiger partial charge < -0.3 is 4.98 Å². The summed E-state index contributed by atoms with van der Waals surface area (Å²) in [5, 5.41) is 0. The number of aromatic nitrogens is 3. The third-order valence-electron chi connectivity index (χ3n) is 1.80. The minimum atomic E-state index is 0.869. The molecule has 2 aromatic rings. The van der Waals surface area contributed by atoms with Gasteiger partial charge in [0.1, 0.15) is 5.52 Å². The van der Waals surface area contributed by atoms with Gasteiger partial charge in [-0.05, 0) is 19.9 Å². The molecule has 1 N–H and O–H groups in total. The maximum atomic E-state index is 4.34. The van der Waals surface area contributed by atoms with Crippen molar-refractivity contribution < 1.29 is 0 Å². The van der Waals surface area contributed by atoms with E-state index in [9.17, 15) is 0 Å². The summed E-state index contributed by atoms with van der Waals surface area (Å²) in [5.74, 6) is 0. The van der Waals surface area contributed by atoms with Crippen LogP contribution < -0.4 is 0 Å². The van der Waals surface area contributed by atoms with Crippen molar-refractivity contribution in [2.75, 3.05) is 0 Å². The van der Waals surface area contributed by atoms with Gasteiger partial charge in [-0.25, -0.2) is 9.97 Å². The minimum Gasteiger partial charge on any atom is -0.345 e. The third kappa shape index (κ3) is 0.888. The number of fused-ring (bicyclic) bond motifs is 1. The van der Waals surface area contributed by atoms with Crippen molar-refractivity contribution in [3.05, 3.63) is 23.7 Å². The van der Waals surface area contributed by atoms with Crippen LogP contribution in [0, 0.1) is 13.8 Å². The van der Waals surface area contributed by atoms with Crippen LogP contribution in [0.3, 0.4) is 0 Å². The van der Waals surface area contributed by atoms with E-state index in [1.54, 1.807) is 0 Å². The van der Waals surface area contributed by atoms with Gasteiger partial charge in [0.15, 0.2) is 5.65 Å². The first-order valence-corrected chi connectivity index (χ1v) is 3.56. The quantitative estimate of drug-likeness (QED) is 0.614. The van der Waals surface area contributed by atoms with E-state index in [0.717, 1.165) is 22.6 Å². The molecule has 0 saturated carbocycles. The zero-order valence-corrected chi connectivity index (χ0v) is 6.55. The molecule has 11 heavy (non-hydrogen) atoms. The smallest absolute Gasteiger partial charge is 0.156 e. The van der Waals surface area contributed by atoms with E-state index in [0.29, 0.717) is 0 Å². The third-order valence-corrected chi connectivity index (χ3v) is 1.80. The standard InChI is InChI=1S/C8H9N3/c1-5-6(2)11-8-7(10-5)3-4-9-8/h3-4H,1-2H3,(H,9,11). The first kappa shape index (κ1) is 6.34. The average molecular weight is 147 g/mol. The van der Waals surface area contributed by atoms with Crippen molar-refractivity contribution in [1.82, 2.24) is 15.0 Å². The monoisotopic (exact) mass is 147 g/mol. The van der Waals surface area contributed by atoms with Crippen molar-refractivity contribution in [1.29, 1.82) is 0 Å². The van der Waals surface area contributed by atoms with Gasteiger partial charge in [-0.1, -0.05) is 0 Å². The van der Waals surface area contributed by atoms with E-state index in [1.165, 1.54) is 0 Å². The molecule has 0 spiro atoms. The van der Waals surface area contributed by atoms with Crippen molar-refractivity contribution >= 4 is 11.2 Å². The normalized spacial score (nSPS) is 10.7. The molecule has 0 unspecified atom stereocenters. The summed E-state index contributed by atoms with van der Waals surface area (Å²) in [5.41, 5.74) is 3.79. The highest BCUT2D eigenvalue weighted by atomic mass is 14.9. The molecule has 56 valence electrons. The van der Waals surface area contributed by atoms with Gasteiger partial charge in [-0.3, -0.25) is 0 Å². The molecule has 0 bridgehead atoms. The van der Waals surface area contributed by atoms with Crippen LogP contribution in [-0.2, 0) is 0 Å². The predicted molar refractivity (Wildman–Crippen MR) is 43.4 cm³/mol. The summed E-state index contributed by atoms with van der Waals surface area (Å²) in [6.07, 6.45) is 1.85. The molecule has 0 aliphatic heterocycles. The summed E-state index contributed by atoms with van der Waals surface area (Å²) in [4.78, 5) is 11.7. The van der Waals surface area contributed by atoms with Crippen LogP contribution in [0.25, 0.3) is 11.2 Å². The molecule has 0 fully saturated rings. The van der Waals surface area contributed by atoms with Crippen LogP contribution in [0.2, 0.25) is 0 Å². The SMILES string of the molecule is Cc1nc2cc[nH]c2nc1C. The maximum Gasteiger partial charge on any atom is 0.156 e. The fourth-order valence-electron chi connectivity index (χ4n) is 1.04. The highest BCUT2D eigenvalue weighted by molar-refractivity contribution is 5.70. The number of aryl methyl sites for hydroxylation is 2. The Morgan fingerprint density at radius 1 is 1.18 bits per heavy atom. The number of H-pyrrole nitrogens is 1. The Kier molecular flexibility index (Phi) is 1.18. The first-order valence-electron chi connectivity index (χ1n) is 3.56. The Morgan fingerprint density at radius 2 is 1.91 bits per heavy atom. The topological polar surface area (TPSA) is 41.6 Å². The van der Waals surface area contributed by atoms with Crippen LogP contribution in [0.15, 0.2) is 12.3 Å². The lowest BCUT2D eigenvalue weighted by Gasteiger charge is -1.96. The van der Waals surface area contributed by atoms with Crippen LogP contribution in [0.1, 0.15) is 11.4 Å². The molecular weight excluding hydrogens is 138 g/mol. The number of aromatic amines is 1. The number of hydrogen-bond acceptors (Lipinski definition) is 2. The zero-order chi connectivity index (χ0) is 7.84. The van der Waals surface area contributed by atoms with Gasteiger partial charge in [-0.2, -0.15) is 0 Å². The summed E-state index contributed by atoms with van der Waals surface area (Å²) >= 11 is 0. The van der Waals surface area contributed by atoms with Crippen molar-refractivity contribution in [3.8, 4) is 0 Å². The lowest BCUT2D eigenvalue weighted by molar-refractivity contribution is 1.09. The Labute approximate surface area is 64.5 Å². The van der Waals surface area contributed by atoms with Crippen LogP contribution >= 0.6 is 0 Å². The van der Waals surface area contributed by atoms with Crippen LogP contribution in [-0.4, -0.2) is 15.0 Å². The van der Waals surface area contributed by atoms with E-state index >= 15 is 0 Å². The Balaban J connectivity index is 2.86. The molecule has 2 aromatic heterocycles. The second-order valence-electron chi connectivity index (χ2n) is 2.61. The molecule has 0 radical (unpaired) electrons. The van der Waals surface area contributed by atoms with Crippen LogP contribution in [0.4, 0.5) is 0 Å². The molecule has 0 aliphatic carbocycles. The Hall–Kier alpha value is -1.38. The Bertz CT molecular complexity index is 353. The van der Waals surface area contributed by atoms with Crippen molar-refractivity contribution in [3.63, 3.8) is 0 Å². The molecule has 0 saturated heterocycles. The second kappa shape index (κ2) is 2.05. The van der Waals surface area contributed by atoms with E-state index in [-0.39, 0.29) is 0 Å². The molecule has 2 rings (SSSR count). The summed E-state index contributed by atoms with van der Waals surface area (Å²) < 4.78 is 0. The fraction of sp³-hybridized carbons (Fsp3) is 0.250. The zero-order valence-electron chi connectivity index (χ0n) is 6.55. The molecular formula is C8H9N3. The van der Waals surface area contributed by atoms with Crippen LogP contribution in [0.5, 0.6) is 0 Å². The number of nitrogens with zero attached hydrogens (tertiary/aromatic N) is 2. The molecule has 3 nitrogen and oxygen atoms in total. The molecule has 3 heteroatoms. The lowest BCUT2D eigenvalue weighted by atomic mass is 10.3. The predicted octanol–water partition coefficient (Wildman–Crippen LogP) is 1.57. The largest absolute Gasteiger partial charge is 0.345 e. The molecule has 2 heterocycles. The maximum absolute atomic E-state index is 4.34. The number of nitrogens with one attached hydrogen (secondary N) is 1. The second-order valence-corrected chi connectivity index (χ2v) is 2.61. The Morgan fingerprint density at radius 3 is 2.73 bits per heavy atom. The highest BCUT2D eigenvalue weighted by Gasteiger charge is 1.99. The van der Waals surface area contributed by atoms with E-state index in [1.807, 2.05) is 26.1 Å². The van der Waals surface area contributed by atoms with Gasteiger partial charge in [-0.15, -0.1) is 0 Å². The minimum absolute atomic E-state index is 0.869. The summed E-state index contributed by atoms with van der Waals surface area (Å²) in [6.45, 7) is 3.93. The average Bonchev–Trinajstić information content (AvgIpc) is 2.36. The summed E-state index contributed by atoms with van der Waals surface area (Å²) in [6, 6.07) is 1.93. The number of hydrogen-bond donors (Lipinski definition) is 1. The molecule has 0 atom stereocenters. The van der Waals surface area contributed by atoms with E-state index in [4.69, 9.17) is 0 Å². The van der Waals surface area contributed by atoms with Crippen molar-refractivity contribution in [2.24, 2.45) is 0 Å². The van der Waals surface area contributed by atoms with Gasteiger partial charge in [0.2, 0.25) is 0 Å². The van der Waals surface area contributed by atoms with Gasteiger partial charge in [0.05, 0.1) is 11.4 Å². The first-order chi connectivity index (χ1) is 5.27. The fourth-order valence-corrected chi connectivity index (χ4v) is 1.04. The molecule has 0 aromatic carbocycles. The molecule has 0 aliphatic rings. The van der Waals surface area contributed by atoms with Gasteiger partial charge >= 0.3 is 0 Å². The van der Waals surface area contributed by atoms with Gasteiger partial charge in [0, 0.05) is 6.20 Å². The highest BCUT2D eigenvalue weighted by Crippen LogP contribution is 2.08. The number of rotatable bonds is 0. The van der Waals surface area contributed by atoms with Gasteiger partial charge in [0.25, 0.3) is 0 Å².